The lowest BCUT2D eigenvalue weighted by molar-refractivity contribution is -0.385. The van der Waals surface area contributed by atoms with E-state index in [0.717, 1.165) is 25.9 Å². The number of carbonyl (C=O) groups excluding carboxylic acids is 1. The molecule has 0 aliphatic carbocycles. The molecule has 1 aliphatic rings. The fourth-order valence-corrected chi connectivity index (χ4v) is 2.65. The standard InChI is InChI=1S/C15H21N3O3/c1-17(15(19)7-6-12-8-9-16-10-12)11-13-4-2-3-5-14(13)18(20)21/h2-5,12,16H,6-11H2,1H3. The minimum absolute atomic E-state index is 0.0417. The molecule has 1 aliphatic heterocycles. The van der Waals surface area contributed by atoms with Crippen LogP contribution in [0, 0.1) is 16.0 Å². The third kappa shape index (κ3) is 4.26. The molecule has 1 aromatic carbocycles. The van der Waals surface area contributed by atoms with Crippen molar-refractivity contribution < 1.29 is 9.72 Å². The van der Waals surface area contributed by atoms with Crippen molar-refractivity contribution in [2.24, 2.45) is 5.92 Å². The van der Waals surface area contributed by atoms with Gasteiger partial charge in [0.05, 0.1) is 11.5 Å². The number of carbonyl (C=O) groups is 1. The van der Waals surface area contributed by atoms with Crippen LogP contribution < -0.4 is 5.32 Å². The molecule has 6 nitrogen and oxygen atoms in total. The van der Waals surface area contributed by atoms with Crippen molar-refractivity contribution in [1.29, 1.82) is 0 Å². The van der Waals surface area contributed by atoms with Gasteiger partial charge in [0.2, 0.25) is 5.91 Å². The summed E-state index contributed by atoms with van der Waals surface area (Å²) in [5, 5.41) is 14.3. The van der Waals surface area contributed by atoms with Crippen LogP contribution in [0.25, 0.3) is 0 Å². The summed E-state index contributed by atoms with van der Waals surface area (Å²) in [6, 6.07) is 6.56. The Bertz CT molecular complexity index is 513. The highest BCUT2D eigenvalue weighted by Crippen LogP contribution is 2.20. The average Bonchev–Trinajstić information content (AvgIpc) is 2.98. The van der Waals surface area contributed by atoms with E-state index in [-0.39, 0.29) is 18.1 Å². The number of amides is 1. The second kappa shape index (κ2) is 7.17. The van der Waals surface area contributed by atoms with E-state index in [1.54, 1.807) is 30.1 Å². The fourth-order valence-electron chi connectivity index (χ4n) is 2.65. The van der Waals surface area contributed by atoms with Crippen LogP contribution in [-0.2, 0) is 11.3 Å². The molecule has 21 heavy (non-hydrogen) atoms. The maximum Gasteiger partial charge on any atom is 0.274 e. The molecular formula is C15H21N3O3. The van der Waals surface area contributed by atoms with Gasteiger partial charge in [0.15, 0.2) is 0 Å². The van der Waals surface area contributed by atoms with Gasteiger partial charge in [-0.2, -0.15) is 0 Å². The summed E-state index contributed by atoms with van der Waals surface area (Å²) in [6.45, 7) is 2.30. The first kappa shape index (κ1) is 15.4. The maximum atomic E-state index is 12.1. The van der Waals surface area contributed by atoms with Crippen molar-refractivity contribution in [3.8, 4) is 0 Å². The summed E-state index contributed by atoms with van der Waals surface area (Å²) >= 11 is 0. The van der Waals surface area contributed by atoms with Crippen LogP contribution in [0.2, 0.25) is 0 Å². The number of hydrogen-bond donors (Lipinski definition) is 1. The second-order valence-corrected chi connectivity index (χ2v) is 5.53. The van der Waals surface area contributed by atoms with Crippen LogP contribution in [-0.4, -0.2) is 35.9 Å². The first-order valence-corrected chi connectivity index (χ1v) is 7.25. The molecule has 1 fully saturated rings. The lowest BCUT2D eigenvalue weighted by Gasteiger charge is -2.18. The smallest absolute Gasteiger partial charge is 0.274 e. The Labute approximate surface area is 124 Å². The van der Waals surface area contributed by atoms with Crippen LogP contribution in [0.3, 0.4) is 0 Å². The van der Waals surface area contributed by atoms with E-state index in [4.69, 9.17) is 0 Å². The summed E-state index contributed by atoms with van der Waals surface area (Å²) in [5.74, 6) is 0.619. The van der Waals surface area contributed by atoms with E-state index in [9.17, 15) is 14.9 Å². The van der Waals surface area contributed by atoms with Crippen LogP contribution in [0.15, 0.2) is 24.3 Å². The summed E-state index contributed by atoms with van der Waals surface area (Å²) in [7, 11) is 1.70. The number of nitrogens with one attached hydrogen (secondary N) is 1. The molecule has 0 saturated carbocycles. The molecule has 1 aromatic rings. The van der Waals surface area contributed by atoms with Gasteiger partial charge >= 0.3 is 0 Å². The second-order valence-electron chi connectivity index (χ2n) is 5.53. The van der Waals surface area contributed by atoms with E-state index in [1.165, 1.54) is 6.07 Å². The average molecular weight is 291 g/mol. The van der Waals surface area contributed by atoms with Crippen LogP contribution in [0.4, 0.5) is 5.69 Å². The van der Waals surface area contributed by atoms with Gasteiger partial charge in [-0.15, -0.1) is 0 Å². The lowest BCUT2D eigenvalue weighted by Crippen LogP contribution is -2.27. The first-order chi connectivity index (χ1) is 10.1. The highest BCUT2D eigenvalue weighted by molar-refractivity contribution is 5.76. The third-order valence-corrected chi connectivity index (χ3v) is 3.95. The molecule has 1 atom stereocenters. The van der Waals surface area contributed by atoms with Gasteiger partial charge in [-0.3, -0.25) is 14.9 Å². The normalized spacial score (nSPS) is 17.7. The summed E-state index contributed by atoms with van der Waals surface area (Å²) < 4.78 is 0. The van der Waals surface area contributed by atoms with Gasteiger partial charge in [-0.25, -0.2) is 0 Å². The van der Waals surface area contributed by atoms with Gasteiger partial charge in [0.1, 0.15) is 0 Å². The largest absolute Gasteiger partial charge is 0.341 e. The number of para-hydroxylation sites is 1. The quantitative estimate of drug-likeness (QED) is 0.642. The molecule has 0 radical (unpaired) electrons. The molecule has 6 heteroatoms. The Morgan fingerprint density at radius 3 is 2.90 bits per heavy atom. The molecule has 1 unspecified atom stereocenters. The van der Waals surface area contributed by atoms with Crippen LogP contribution in [0.1, 0.15) is 24.8 Å². The third-order valence-electron chi connectivity index (χ3n) is 3.95. The number of nitro benzene ring substituents is 1. The number of nitrogens with zero attached hydrogens (tertiary/aromatic N) is 2. The van der Waals surface area contributed by atoms with E-state index in [0.29, 0.717) is 17.9 Å². The monoisotopic (exact) mass is 291 g/mol. The lowest BCUT2D eigenvalue weighted by atomic mass is 10.0. The van der Waals surface area contributed by atoms with Crippen LogP contribution >= 0.6 is 0 Å². The molecule has 0 spiro atoms. The van der Waals surface area contributed by atoms with Gasteiger partial charge in [0, 0.05) is 25.1 Å². The predicted octanol–water partition coefficient (Wildman–Crippen LogP) is 1.94. The summed E-state index contributed by atoms with van der Waals surface area (Å²) in [4.78, 5) is 24.3. The minimum Gasteiger partial charge on any atom is -0.341 e. The van der Waals surface area contributed by atoms with E-state index in [2.05, 4.69) is 5.32 Å². The molecule has 1 saturated heterocycles. The van der Waals surface area contributed by atoms with Crippen molar-refractivity contribution in [2.75, 3.05) is 20.1 Å². The van der Waals surface area contributed by atoms with Crippen molar-refractivity contribution in [2.45, 2.75) is 25.8 Å². The van der Waals surface area contributed by atoms with Crippen molar-refractivity contribution in [1.82, 2.24) is 10.2 Å². The molecule has 114 valence electrons. The minimum atomic E-state index is -0.405. The summed E-state index contributed by atoms with van der Waals surface area (Å²) in [5.41, 5.74) is 0.637. The van der Waals surface area contributed by atoms with E-state index < -0.39 is 4.92 Å². The van der Waals surface area contributed by atoms with Gasteiger partial charge in [0.25, 0.3) is 5.69 Å². The first-order valence-electron chi connectivity index (χ1n) is 7.25. The molecule has 1 heterocycles. The topological polar surface area (TPSA) is 75.5 Å². The number of hydrogen-bond acceptors (Lipinski definition) is 4. The highest BCUT2D eigenvalue weighted by Gasteiger charge is 2.19. The fraction of sp³-hybridized carbons (Fsp3) is 0.533. The maximum absolute atomic E-state index is 12.1. The predicted molar refractivity (Wildman–Crippen MR) is 79.8 cm³/mol. The Balaban J connectivity index is 1.89. The number of nitro groups is 1. The molecule has 0 aromatic heterocycles. The van der Waals surface area contributed by atoms with Gasteiger partial charge in [-0.05, 0) is 31.8 Å². The van der Waals surface area contributed by atoms with E-state index in [1.807, 2.05) is 0 Å². The zero-order chi connectivity index (χ0) is 15.2. The van der Waals surface area contributed by atoms with Crippen LogP contribution in [0.5, 0.6) is 0 Å². The van der Waals surface area contributed by atoms with Gasteiger partial charge < -0.3 is 10.2 Å². The highest BCUT2D eigenvalue weighted by atomic mass is 16.6. The van der Waals surface area contributed by atoms with Crippen molar-refractivity contribution >= 4 is 11.6 Å². The Morgan fingerprint density at radius 2 is 2.24 bits per heavy atom. The number of benzene rings is 1. The van der Waals surface area contributed by atoms with E-state index >= 15 is 0 Å². The zero-order valence-electron chi connectivity index (χ0n) is 12.2. The number of rotatable bonds is 6. The molecular weight excluding hydrogens is 270 g/mol. The zero-order valence-corrected chi connectivity index (χ0v) is 12.2. The Hall–Kier alpha value is -1.95. The molecule has 0 bridgehead atoms. The Morgan fingerprint density at radius 1 is 1.48 bits per heavy atom. The Kier molecular flexibility index (Phi) is 5.27. The molecule has 2 rings (SSSR count). The van der Waals surface area contributed by atoms with Gasteiger partial charge in [-0.1, -0.05) is 18.2 Å². The van der Waals surface area contributed by atoms with Crippen molar-refractivity contribution in [3.63, 3.8) is 0 Å². The molecule has 1 N–H and O–H groups in total. The van der Waals surface area contributed by atoms with Crippen molar-refractivity contribution in [3.05, 3.63) is 39.9 Å². The molecule has 1 amide bonds. The SMILES string of the molecule is CN(Cc1ccccc1[N+](=O)[O-])C(=O)CCC1CCNC1. The summed E-state index contributed by atoms with van der Waals surface area (Å²) in [6.07, 6.45) is 2.51.